The first-order valence-electron chi connectivity index (χ1n) is 9.42. The Kier molecular flexibility index (Phi) is 4.44. The molecule has 2 aromatic carbocycles. The number of aryl methyl sites for hydroxylation is 1. The maximum absolute atomic E-state index is 5.64. The zero-order valence-electron chi connectivity index (χ0n) is 15.9. The topological polar surface area (TPSA) is 86.8 Å². The van der Waals surface area contributed by atoms with Crippen LogP contribution in [0.1, 0.15) is 5.69 Å². The summed E-state index contributed by atoms with van der Waals surface area (Å²) in [6, 6.07) is 13.3. The molecule has 0 radical (unpaired) electrons. The molecule has 29 heavy (non-hydrogen) atoms. The van der Waals surface area contributed by atoms with Gasteiger partial charge in [-0.05, 0) is 31.2 Å². The molecule has 3 aromatic rings. The van der Waals surface area contributed by atoms with E-state index in [1.807, 2.05) is 49.4 Å². The van der Waals surface area contributed by atoms with Gasteiger partial charge in [0, 0.05) is 35.3 Å². The SMILES string of the molecule is Cc1cc(Nc2ccc3c(c2)OCCO3)nc(Nc2ccc3c(c2)OCCO3)n1. The summed E-state index contributed by atoms with van der Waals surface area (Å²) in [4.78, 5) is 9.04. The number of fused-ring (bicyclic) bond motifs is 2. The van der Waals surface area contributed by atoms with Crippen LogP contribution in [0.3, 0.4) is 0 Å². The van der Waals surface area contributed by atoms with Gasteiger partial charge >= 0.3 is 0 Å². The highest BCUT2D eigenvalue weighted by Gasteiger charge is 2.14. The van der Waals surface area contributed by atoms with E-state index in [-0.39, 0.29) is 0 Å². The summed E-state index contributed by atoms with van der Waals surface area (Å²) in [5.41, 5.74) is 2.52. The molecule has 2 aliphatic heterocycles. The lowest BCUT2D eigenvalue weighted by Crippen LogP contribution is -2.15. The minimum absolute atomic E-state index is 0.488. The second-order valence-corrected chi connectivity index (χ2v) is 6.69. The number of ether oxygens (including phenoxy) is 4. The maximum Gasteiger partial charge on any atom is 0.229 e. The van der Waals surface area contributed by atoms with Gasteiger partial charge in [0.2, 0.25) is 5.95 Å². The number of hydrogen-bond acceptors (Lipinski definition) is 8. The Morgan fingerprint density at radius 3 is 1.83 bits per heavy atom. The van der Waals surface area contributed by atoms with Crippen LogP contribution < -0.4 is 29.6 Å². The highest BCUT2D eigenvalue weighted by molar-refractivity contribution is 5.64. The monoisotopic (exact) mass is 392 g/mol. The number of benzene rings is 2. The normalized spacial score (nSPS) is 14.2. The van der Waals surface area contributed by atoms with Gasteiger partial charge in [0.1, 0.15) is 32.2 Å². The Morgan fingerprint density at radius 2 is 1.21 bits per heavy atom. The number of aromatic nitrogens is 2. The van der Waals surface area contributed by atoms with Crippen molar-refractivity contribution in [2.75, 3.05) is 37.1 Å². The Hall–Kier alpha value is -3.68. The van der Waals surface area contributed by atoms with Crippen molar-refractivity contribution in [2.45, 2.75) is 6.92 Å². The fourth-order valence-electron chi connectivity index (χ4n) is 3.21. The van der Waals surface area contributed by atoms with Crippen molar-refractivity contribution in [3.05, 3.63) is 48.2 Å². The number of rotatable bonds is 4. The van der Waals surface area contributed by atoms with Crippen molar-refractivity contribution in [3.63, 3.8) is 0 Å². The van der Waals surface area contributed by atoms with E-state index in [2.05, 4.69) is 20.6 Å². The molecule has 1 aromatic heterocycles. The standard InChI is InChI=1S/C21H20N4O4/c1-13-10-20(23-14-2-4-16-18(11-14)28-8-6-26-16)25-21(22-13)24-15-3-5-17-19(12-15)29-9-7-27-17/h2-5,10-12H,6-9H2,1H3,(H2,22,23,24,25). The van der Waals surface area contributed by atoms with Gasteiger partial charge in [-0.15, -0.1) is 0 Å². The Balaban J connectivity index is 1.36. The third kappa shape index (κ3) is 3.82. The summed E-state index contributed by atoms with van der Waals surface area (Å²) in [5.74, 6) is 4.09. The fourth-order valence-corrected chi connectivity index (χ4v) is 3.21. The highest BCUT2D eigenvalue weighted by Crippen LogP contribution is 2.35. The molecule has 2 N–H and O–H groups in total. The molecule has 0 fully saturated rings. The lowest BCUT2D eigenvalue weighted by molar-refractivity contribution is 0.171. The lowest BCUT2D eigenvalue weighted by atomic mass is 10.2. The third-order valence-corrected chi connectivity index (χ3v) is 4.47. The van der Waals surface area contributed by atoms with Crippen LogP contribution in [0.15, 0.2) is 42.5 Å². The quantitative estimate of drug-likeness (QED) is 0.693. The summed E-state index contributed by atoms with van der Waals surface area (Å²) >= 11 is 0. The molecule has 0 atom stereocenters. The van der Waals surface area contributed by atoms with E-state index < -0.39 is 0 Å². The Morgan fingerprint density at radius 1 is 0.655 bits per heavy atom. The molecule has 0 bridgehead atoms. The van der Waals surface area contributed by atoms with Gasteiger partial charge < -0.3 is 29.6 Å². The molecular formula is C21H20N4O4. The van der Waals surface area contributed by atoms with Crippen molar-refractivity contribution in [1.82, 2.24) is 9.97 Å². The van der Waals surface area contributed by atoms with Crippen LogP contribution in [-0.4, -0.2) is 36.4 Å². The second-order valence-electron chi connectivity index (χ2n) is 6.69. The second kappa shape index (κ2) is 7.38. The minimum Gasteiger partial charge on any atom is -0.486 e. The van der Waals surface area contributed by atoms with E-state index in [0.717, 1.165) is 34.3 Å². The first kappa shape index (κ1) is 17.4. The molecular weight excluding hydrogens is 372 g/mol. The summed E-state index contributed by atoms with van der Waals surface area (Å²) in [6.07, 6.45) is 0. The van der Waals surface area contributed by atoms with Crippen LogP contribution in [0.2, 0.25) is 0 Å². The van der Waals surface area contributed by atoms with Gasteiger partial charge in [0.25, 0.3) is 0 Å². The molecule has 3 heterocycles. The van der Waals surface area contributed by atoms with Gasteiger partial charge in [0.05, 0.1) is 0 Å². The van der Waals surface area contributed by atoms with Gasteiger partial charge in [-0.2, -0.15) is 4.98 Å². The molecule has 0 saturated heterocycles. The molecule has 5 rings (SSSR count). The van der Waals surface area contributed by atoms with E-state index in [1.54, 1.807) is 0 Å². The highest BCUT2D eigenvalue weighted by atomic mass is 16.6. The Bertz CT molecular complexity index is 977. The molecule has 0 saturated carbocycles. The predicted octanol–water partition coefficient (Wildman–Crippen LogP) is 3.81. The lowest BCUT2D eigenvalue weighted by Gasteiger charge is -2.19. The summed E-state index contributed by atoms with van der Waals surface area (Å²) in [6.45, 7) is 4.15. The average Bonchev–Trinajstić information content (AvgIpc) is 2.73. The van der Waals surface area contributed by atoms with E-state index in [1.165, 1.54) is 0 Å². The molecule has 148 valence electrons. The summed E-state index contributed by atoms with van der Waals surface area (Å²) in [5, 5.41) is 6.53. The molecule has 0 unspecified atom stereocenters. The predicted molar refractivity (Wildman–Crippen MR) is 108 cm³/mol. The largest absolute Gasteiger partial charge is 0.486 e. The summed E-state index contributed by atoms with van der Waals surface area (Å²) in [7, 11) is 0. The minimum atomic E-state index is 0.488. The molecule has 8 nitrogen and oxygen atoms in total. The zero-order valence-corrected chi connectivity index (χ0v) is 15.9. The zero-order chi connectivity index (χ0) is 19.6. The van der Waals surface area contributed by atoms with Crippen LogP contribution in [0.5, 0.6) is 23.0 Å². The first-order valence-corrected chi connectivity index (χ1v) is 9.42. The molecule has 0 spiro atoms. The van der Waals surface area contributed by atoms with Crippen LogP contribution in [0.4, 0.5) is 23.1 Å². The maximum atomic E-state index is 5.64. The van der Waals surface area contributed by atoms with Gasteiger partial charge in [-0.25, -0.2) is 4.98 Å². The van der Waals surface area contributed by atoms with E-state index in [4.69, 9.17) is 18.9 Å². The van der Waals surface area contributed by atoms with Crippen molar-refractivity contribution in [3.8, 4) is 23.0 Å². The molecule has 2 aliphatic rings. The third-order valence-electron chi connectivity index (χ3n) is 4.47. The van der Waals surface area contributed by atoms with Crippen molar-refractivity contribution < 1.29 is 18.9 Å². The average molecular weight is 392 g/mol. The number of hydrogen-bond donors (Lipinski definition) is 2. The summed E-state index contributed by atoms with van der Waals surface area (Å²) < 4.78 is 22.4. The van der Waals surface area contributed by atoms with E-state index in [0.29, 0.717) is 43.9 Å². The van der Waals surface area contributed by atoms with Crippen molar-refractivity contribution in [2.24, 2.45) is 0 Å². The van der Waals surface area contributed by atoms with Crippen LogP contribution in [0.25, 0.3) is 0 Å². The van der Waals surface area contributed by atoms with Crippen LogP contribution in [-0.2, 0) is 0 Å². The Labute approximate surface area is 167 Å². The van der Waals surface area contributed by atoms with Crippen LogP contribution >= 0.6 is 0 Å². The van der Waals surface area contributed by atoms with Gasteiger partial charge in [-0.3, -0.25) is 0 Å². The van der Waals surface area contributed by atoms with Gasteiger partial charge in [-0.1, -0.05) is 0 Å². The fraction of sp³-hybridized carbons (Fsp3) is 0.238. The first-order chi connectivity index (χ1) is 14.2. The number of nitrogens with one attached hydrogen (secondary N) is 2. The smallest absolute Gasteiger partial charge is 0.229 e. The number of nitrogens with zero attached hydrogens (tertiary/aromatic N) is 2. The molecule has 8 heteroatoms. The van der Waals surface area contributed by atoms with Crippen molar-refractivity contribution in [1.29, 1.82) is 0 Å². The van der Waals surface area contributed by atoms with Crippen LogP contribution in [0, 0.1) is 6.92 Å². The molecule has 0 aliphatic carbocycles. The molecule has 0 amide bonds. The van der Waals surface area contributed by atoms with E-state index in [9.17, 15) is 0 Å². The van der Waals surface area contributed by atoms with E-state index >= 15 is 0 Å². The van der Waals surface area contributed by atoms with Gasteiger partial charge in [0.15, 0.2) is 23.0 Å². The van der Waals surface area contributed by atoms with Crippen molar-refractivity contribution >= 4 is 23.1 Å². The number of anilines is 4.